The maximum Gasteiger partial charge on any atom is 0.247 e. The molecule has 2 amide bonds. The minimum Gasteiger partial charge on any atom is -0.378 e. The highest BCUT2D eigenvalue weighted by Crippen LogP contribution is 2.22. The summed E-state index contributed by atoms with van der Waals surface area (Å²) in [5.74, 6) is 0.332. The third kappa shape index (κ3) is 2.98. The smallest absolute Gasteiger partial charge is 0.247 e. The highest BCUT2D eigenvalue weighted by atomic mass is 16.5. The fourth-order valence-corrected chi connectivity index (χ4v) is 2.79. The first-order valence-electron chi connectivity index (χ1n) is 7.25. The van der Waals surface area contributed by atoms with Gasteiger partial charge in [-0.05, 0) is 32.6 Å². The van der Waals surface area contributed by atoms with Crippen molar-refractivity contribution in [3.63, 3.8) is 0 Å². The van der Waals surface area contributed by atoms with Gasteiger partial charge in [-0.15, -0.1) is 0 Å². The van der Waals surface area contributed by atoms with E-state index in [1.807, 2.05) is 13.8 Å². The molecule has 2 fully saturated rings. The molecule has 4 unspecified atom stereocenters. The summed E-state index contributed by atoms with van der Waals surface area (Å²) in [5, 5.41) is 3.25. The lowest BCUT2D eigenvalue weighted by atomic mass is 10.0. The number of carbonyl (C=O) groups excluding carboxylic acids is 2. The van der Waals surface area contributed by atoms with Gasteiger partial charge in [-0.3, -0.25) is 14.5 Å². The van der Waals surface area contributed by atoms with Crippen molar-refractivity contribution in [2.75, 3.05) is 13.2 Å². The van der Waals surface area contributed by atoms with Gasteiger partial charge in [0.15, 0.2) is 0 Å². The van der Waals surface area contributed by atoms with Crippen LogP contribution in [-0.2, 0) is 14.3 Å². The molecule has 0 spiro atoms. The zero-order valence-electron chi connectivity index (χ0n) is 12.0. The lowest BCUT2D eigenvalue weighted by Gasteiger charge is -2.22. The molecule has 2 saturated heterocycles. The molecule has 0 saturated carbocycles. The molecule has 0 aliphatic carbocycles. The molecule has 108 valence electrons. The Labute approximate surface area is 114 Å². The second-order valence-corrected chi connectivity index (χ2v) is 5.65. The predicted octanol–water partition coefficient (Wildman–Crippen LogP) is 0.927. The Morgan fingerprint density at radius 2 is 2.21 bits per heavy atom. The molecule has 0 aromatic rings. The first-order valence-corrected chi connectivity index (χ1v) is 7.25. The largest absolute Gasteiger partial charge is 0.378 e. The van der Waals surface area contributed by atoms with Gasteiger partial charge in [0.25, 0.3) is 0 Å². The number of ether oxygens (including phenoxy) is 1. The van der Waals surface area contributed by atoms with Crippen molar-refractivity contribution in [2.24, 2.45) is 5.92 Å². The van der Waals surface area contributed by atoms with Gasteiger partial charge in [-0.1, -0.05) is 6.92 Å². The molecule has 1 N–H and O–H groups in total. The van der Waals surface area contributed by atoms with Crippen LogP contribution in [0.2, 0.25) is 0 Å². The van der Waals surface area contributed by atoms with Crippen molar-refractivity contribution in [3.8, 4) is 0 Å². The second-order valence-electron chi connectivity index (χ2n) is 5.65. The maximum atomic E-state index is 12.2. The van der Waals surface area contributed by atoms with Crippen molar-refractivity contribution in [3.05, 3.63) is 0 Å². The number of hydrogen-bond donors (Lipinski definition) is 1. The zero-order chi connectivity index (χ0) is 14.0. The number of hydrogen-bond acceptors (Lipinski definition) is 4. The van der Waals surface area contributed by atoms with E-state index in [0.717, 1.165) is 26.0 Å². The van der Waals surface area contributed by atoms with Crippen LogP contribution in [0.25, 0.3) is 0 Å². The molecule has 19 heavy (non-hydrogen) atoms. The van der Waals surface area contributed by atoms with Crippen molar-refractivity contribution in [1.82, 2.24) is 10.2 Å². The van der Waals surface area contributed by atoms with Gasteiger partial charge in [-0.2, -0.15) is 0 Å². The number of likely N-dealkylation sites (tertiary alicyclic amines) is 1. The van der Waals surface area contributed by atoms with Gasteiger partial charge in [0, 0.05) is 19.2 Å². The van der Waals surface area contributed by atoms with Crippen molar-refractivity contribution < 1.29 is 14.3 Å². The van der Waals surface area contributed by atoms with Gasteiger partial charge in [0.1, 0.15) is 0 Å². The monoisotopic (exact) mass is 268 g/mol. The van der Waals surface area contributed by atoms with Crippen LogP contribution in [0.15, 0.2) is 0 Å². The Morgan fingerprint density at radius 3 is 2.79 bits per heavy atom. The quantitative estimate of drug-likeness (QED) is 0.754. The number of nitrogens with one attached hydrogen (secondary N) is 1. The Hall–Kier alpha value is -0.940. The van der Waals surface area contributed by atoms with E-state index in [9.17, 15) is 9.59 Å². The van der Waals surface area contributed by atoms with Crippen LogP contribution >= 0.6 is 0 Å². The van der Waals surface area contributed by atoms with Gasteiger partial charge in [0.05, 0.1) is 18.6 Å². The van der Waals surface area contributed by atoms with Crippen LogP contribution < -0.4 is 5.32 Å². The standard InChI is InChI=1S/C14H24N2O3/c1-4-9(2)16-13(17)7-12(14(16)18)15-8-11-5-6-19-10(11)3/h9-12,15H,4-8H2,1-3H3. The second kappa shape index (κ2) is 6.01. The Balaban J connectivity index is 1.88. The highest BCUT2D eigenvalue weighted by Gasteiger charge is 2.40. The molecule has 5 nitrogen and oxygen atoms in total. The van der Waals surface area contributed by atoms with E-state index in [2.05, 4.69) is 12.2 Å². The summed E-state index contributed by atoms with van der Waals surface area (Å²) in [6, 6.07) is -0.338. The molecule has 0 bridgehead atoms. The normalized spacial score (nSPS) is 33.2. The Bertz CT molecular complexity index is 359. The lowest BCUT2D eigenvalue weighted by Crippen LogP contribution is -2.44. The minimum atomic E-state index is -0.339. The Kier molecular flexibility index (Phi) is 4.58. The van der Waals surface area contributed by atoms with Crippen molar-refractivity contribution >= 4 is 11.8 Å². The first kappa shape index (κ1) is 14.5. The highest BCUT2D eigenvalue weighted by molar-refractivity contribution is 6.05. The van der Waals surface area contributed by atoms with Crippen LogP contribution in [0, 0.1) is 5.92 Å². The molecule has 0 aromatic heterocycles. The molecule has 5 heteroatoms. The number of imide groups is 1. The van der Waals surface area contributed by atoms with Crippen LogP contribution in [-0.4, -0.2) is 48.1 Å². The summed E-state index contributed by atoms with van der Waals surface area (Å²) in [7, 11) is 0. The number of amides is 2. The maximum absolute atomic E-state index is 12.2. The fraction of sp³-hybridized carbons (Fsp3) is 0.857. The first-order chi connectivity index (χ1) is 9.04. The van der Waals surface area contributed by atoms with Gasteiger partial charge < -0.3 is 10.1 Å². The zero-order valence-corrected chi connectivity index (χ0v) is 12.0. The molecule has 2 heterocycles. The molecular formula is C14H24N2O3. The van der Waals surface area contributed by atoms with Gasteiger partial charge >= 0.3 is 0 Å². The van der Waals surface area contributed by atoms with E-state index in [-0.39, 0.29) is 30.0 Å². The van der Waals surface area contributed by atoms with E-state index in [1.165, 1.54) is 4.90 Å². The third-order valence-corrected chi connectivity index (χ3v) is 4.37. The van der Waals surface area contributed by atoms with E-state index in [1.54, 1.807) is 0 Å². The molecule has 4 atom stereocenters. The van der Waals surface area contributed by atoms with E-state index in [4.69, 9.17) is 4.74 Å². The topological polar surface area (TPSA) is 58.6 Å². The molecule has 2 aliphatic heterocycles. The summed E-state index contributed by atoms with van der Waals surface area (Å²) in [6.45, 7) is 7.52. The van der Waals surface area contributed by atoms with Crippen LogP contribution in [0.3, 0.4) is 0 Å². The summed E-state index contributed by atoms with van der Waals surface area (Å²) < 4.78 is 5.50. The van der Waals surface area contributed by atoms with E-state index in [0.29, 0.717) is 12.3 Å². The molecule has 2 rings (SSSR count). The predicted molar refractivity (Wildman–Crippen MR) is 71.5 cm³/mol. The van der Waals surface area contributed by atoms with E-state index >= 15 is 0 Å². The van der Waals surface area contributed by atoms with Gasteiger partial charge in [0.2, 0.25) is 11.8 Å². The van der Waals surface area contributed by atoms with Crippen LogP contribution in [0.5, 0.6) is 0 Å². The van der Waals surface area contributed by atoms with Crippen molar-refractivity contribution in [2.45, 2.75) is 58.2 Å². The average molecular weight is 268 g/mol. The molecule has 0 radical (unpaired) electrons. The summed E-state index contributed by atoms with van der Waals surface area (Å²) in [5.41, 5.74) is 0. The molecule has 2 aliphatic rings. The number of carbonyl (C=O) groups is 2. The average Bonchev–Trinajstić information content (AvgIpc) is 2.90. The lowest BCUT2D eigenvalue weighted by molar-refractivity contribution is -0.141. The molecule has 0 aromatic carbocycles. The number of rotatable bonds is 5. The third-order valence-electron chi connectivity index (χ3n) is 4.37. The van der Waals surface area contributed by atoms with Crippen LogP contribution in [0.4, 0.5) is 0 Å². The summed E-state index contributed by atoms with van der Waals surface area (Å²) in [4.78, 5) is 25.5. The minimum absolute atomic E-state index is 0.000498. The van der Waals surface area contributed by atoms with Crippen LogP contribution in [0.1, 0.15) is 40.0 Å². The fourth-order valence-electron chi connectivity index (χ4n) is 2.79. The van der Waals surface area contributed by atoms with Gasteiger partial charge in [-0.25, -0.2) is 0 Å². The van der Waals surface area contributed by atoms with E-state index < -0.39 is 0 Å². The SMILES string of the molecule is CCC(C)N1C(=O)CC(NCC2CCOC2C)C1=O. The Morgan fingerprint density at radius 1 is 1.47 bits per heavy atom. The number of nitrogens with zero attached hydrogens (tertiary/aromatic N) is 1. The summed E-state index contributed by atoms with van der Waals surface area (Å²) >= 11 is 0. The van der Waals surface area contributed by atoms with Crippen molar-refractivity contribution in [1.29, 1.82) is 0 Å². The summed E-state index contributed by atoms with van der Waals surface area (Å²) in [6.07, 6.45) is 2.37. The molecular weight excluding hydrogens is 244 g/mol.